The highest BCUT2D eigenvalue weighted by molar-refractivity contribution is 5.89. The topological polar surface area (TPSA) is 96.0 Å². The van der Waals surface area contributed by atoms with Crippen LogP contribution >= 0.6 is 0 Å². The first kappa shape index (κ1) is 20.5. The lowest BCUT2D eigenvalue weighted by atomic mass is 9.89. The fraction of sp³-hybridized carbons (Fsp3) is 0.478. The van der Waals surface area contributed by atoms with Crippen molar-refractivity contribution in [2.45, 2.75) is 64.2 Å². The van der Waals surface area contributed by atoms with Crippen LogP contribution in [-0.4, -0.2) is 27.8 Å². The van der Waals surface area contributed by atoms with Gasteiger partial charge >= 0.3 is 0 Å². The summed E-state index contributed by atoms with van der Waals surface area (Å²) in [5.41, 5.74) is 2.44. The van der Waals surface area contributed by atoms with E-state index in [0.29, 0.717) is 11.7 Å². The number of benzene rings is 1. The van der Waals surface area contributed by atoms with E-state index in [-0.39, 0.29) is 29.7 Å². The molecule has 1 aliphatic heterocycles. The van der Waals surface area contributed by atoms with Gasteiger partial charge in [0.1, 0.15) is 6.17 Å². The molecule has 0 radical (unpaired) electrons. The van der Waals surface area contributed by atoms with Gasteiger partial charge in [-0.1, -0.05) is 45.0 Å². The predicted octanol–water partition coefficient (Wildman–Crippen LogP) is 2.73. The summed E-state index contributed by atoms with van der Waals surface area (Å²) < 4.78 is 0. The molecule has 7 nitrogen and oxygen atoms in total. The maximum Gasteiger partial charge on any atom is 0.238 e. The molecular weight excluding hydrogens is 378 g/mol. The van der Waals surface area contributed by atoms with Gasteiger partial charge in [0.05, 0.1) is 18.5 Å². The smallest absolute Gasteiger partial charge is 0.238 e. The minimum absolute atomic E-state index is 0.0495. The molecule has 1 aromatic heterocycles. The summed E-state index contributed by atoms with van der Waals surface area (Å²) in [7, 11) is 0. The third-order valence-electron chi connectivity index (χ3n) is 6.18. The summed E-state index contributed by atoms with van der Waals surface area (Å²) in [6, 6.07) is 9.51. The second-order valence-corrected chi connectivity index (χ2v) is 8.95. The fourth-order valence-corrected chi connectivity index (χ4v) is 3.94. The van der Waals surface area contributed by atoms with Gasteiger partial charge in [-0.15, -0.1) is 0 Å². The molecule has 2 unspecified atom stereocenters. The van der Waals surface area contributed by atoms with Crippen LogP contribution < -0.4 is 16.0 Å². The van der Waals surface area contributed by atoms with Crippen molar-refractivity contribution in [3.8, 4) is 0 Å². The zero-order chi connectivity index (χ0) is 21.3. The highest BCUT2D eigenvalue weighted by Gasteiger charge is 2.47. The molecule has 1 aliphatic carbocycles. The van der Waals surface area contributed by atoms with Gasteiger partial charge in [-0.2, -0.15) is 0 Å². The SMILES string of the molecule is CC(C)c1ccc([C@H](NC(=O)C2CC(=O)NC(c3ncccn3)N2)C2(C)CC2)cc1. The number of nitrogens with zero attached hydrogens (tertiary/aromatic N) is 2. The van der Waals surface area contributed by atoms with Crippen molar-refractivity contribution in [2.75, 3.05) is 0 Å². The molecule has 0 spiro atoms. The number of hydrogen-bond donors (Lipinski definition) is 3. The molecule has 1 saturated carbocycles. The van der Waals surface area contributed by atoms with Crippen LogP contribution in [0.3, 0.4) is 0 Å². The zero-order valence-corrected chi connectivity index (χ0v) is 17.7. The average molecular weight is 408 g/mol. The summed E-state index contributed by atoms with van der Waals surface area (Å²) in [4.78, 5) is 33.8. The highest BCUT2D eigenvalue weighted by atomic mass is 16.2. The van der Waals surface area contributed by atoms with E-state index in [1.807, 2.05) is 0 Å². The van der Waals surface area contributed by atoms with E-state index in [4.69, 9.17) is 0 Å². The Morgan fingerprint density at radius 1 is 1.13 bits per heavy atom. The molecule has 2 amide bonds. The predicted molar refractivity (Wildman–Crippen MR) is 113 cm³/mol. The minimum atomic E-state index is -0.632. The van der Waals surface area contributed by atoms with E-state index in [0.717, 1.165) is 18.4 Å². The number of nitrogens with one attached hydrogen (secondary N) is 3. The van der Waals surface area contributed by atoms with Crippen molar-refractivity contribution < 1.29 is 9.59 Å². The lowest BCUT2D eigenvalue weighted by Crippen LogP contribution is -2.57. The molecule has 2 aliphatic rings. The standard InChI is InChI=1S/C23H29N5O2/c1-14(2)15-5-7-16(8-6-15)19(23(3)9-10-23)28-22(30)17-13-18(29)27-21(26-17)20-24-11-4-12-25-20/h4-8,11-12,14,17,19,21,26H,9-10,13H2,1-3H3,(H,27,29)(H,28,30)/t17?,19-,21?/m0/s1. The van der Waals surface area contributed by atoms with Crippen LogP contribution in [0.1, 0.15) is 75.1 Å². The van der Waals surface area contributed by atoms with Crippen LogP contribution in [-0.2, 0) is 9.59 Å². The third-order valence-corrected chi connectivity index (χ3v) is 6.18. The molecule has 4 rings (SSSR count). The maximum absolute atomic E-state index is 13.2. The van der Waals surface area contributed by atoms with Crippen molar-refractivity contribution in [2.24, 2.45) is 5.41 Å². The summed E-state index contributed by atoms with van der Waals surface area (Å²) in [6.07, 6.45) is 4.88. The van der Waals surface area contributed by atoms with E-state index in [1.54, 1.807) is 18.5 Å². The lowest BCUT2D eigenvalue weighted by Gasteiger charge is -2.32. The summed E-state index contributed by atoms with van der Waals surface area (Å²) in [5, 5.41) is 9.21. The number of carbonyl (C=O) groups excluding carboxylic acids is 2. The molecule has 3 N–H and O–H groups in total. The van der Waals surface area contributed by atoms with Gasteiger partial charge in [0.25, 0.3) is 0 Å². The first-order chi connectivity index (χ1) is 14.4. The minimum Gasteiger partial charge on any atom is -0.347 e. The van der Waals surface area contributed by atoms with Crippen LogP contribution in [0.15, 0.2) is 42.7 Å². The Hall–Kier alpha value is -2.80. The zero-order valence-electron chi connectivity index (χ0n) is 17.7. The average Bonchev–Trinajstić information content (AvgIpc) is 3.50. The Morgan fingerprint density at radius 2 is 1.77 bits per heavy atom. The highest BCUT2D eigenvalue weighted by Crippen LogP contribution is 2.54. The normalized spacial score (nSPS) is 23.5. The van der Waals surface area contributed by atoms with E-state index < -0.39 is 12.2 Å². The van der Waals surface area contributed by atoms with E-state index >= 15 is 0 Å². The Labute approximate surface area is 177 Å². The second kappa shape index (κ2) is 8.14. The van der Waals surface area contributed by atoms with E-state index in [2.05, 4.69) is 71.0 Å². The maximum atomic E-state index is 13.2. The first-order valence-corrected chi connectivity index (χ1v) is 10.6. The van der Waals surface area contributed by atoms with Crippen LogP contribution in [0.4, 0.5) is 0 Å². The van der Waals surface area contributed by atoms with Gasteiger partial charge in [0.2, 0.25) is 11.8 Å². The van der Waals surface area contributed by atoms with E-state index in [1.165, 1.54) is 5.56 Å². The molecule has 2 fully saturated rings. The summed E-state index contributed by atoms with van der Waals surface area (Å²) in [6.45, 7) is 6.54. The molecule has 158 valence electrons. The third kappa shape index (κ3) is 4.36. The van der Waals surface area contributed by atoms with Crippen LogP contribution in [0.2, 0.25) is 0 Å². The van der Waals surface area contributed by atoms with Crippen molar-refractivity contribution in [1.29, 1.82) is 0 Å². The van der Waals surface area contributed by atoms with Crippen LogP contribution in [0, 0.1) is 5.41 Å². The number of hydrogen-bond acceptors (Lipinski definition) is 5. The molecule has 7 heteroatoms. The number of amides is 2. The van der Waals surface area contributed by atoms with Gasteiger partial charge in [0, 0.05) is 12.4 Å². The largest absolute Gasteiger partial charge is 0.347 e. The van der Waals surface area contributed by atoms with E-state index in [9.17, 15) is 9.59 Å². The molecule has 30 heavy (non-hydrogen) atoms. The van der Waals surface area contributed by atoms with Crippen molar-refractivity contribution in [1.82, 2.24) is 25.9 Å². The van der Waals surface area contributed by atoms with Gasteiger partial charge in [-0.3, -0.25) is 14.9 Å². The Morgan fingerprint density at radius 3 is 2.37 bits per heavy atom. The summed E-state index contributed by atoms with van der Waals surface area (Å²) in [5.74, 6) is 0.544. The second-order valence-electron chi connectivity index (χ2n) is 8.95. The van der Waals surface area contributed by atoms with Gasteiger partial charge in [-0.05, 0) is 41.4 Å². The Balaban J connectivity index is 1.50. The van der Waals surface area contributed by atoms with Crippen molar-refractivity contribution in [3.63, 3.8) is 0 Å². The van der Waals surface area contributed by atoms with Crippen molar-refractivity contribution in [3.05, 3.63) is 59.7 Å². The number of carbonyl (C=O) groups is 2. The molecule has 1 saturated heterocycles. The molecule has 3 atom stereocenters. The summed E-state index contributed by atoms with van der Waals surface area (Å²) >= 11 is 0. The van der Waals surface area contributed by atoms with Gasteiger partial charge in [0.15, 0.2) is 5.82 Å². The fourth-order valence-electron chi connectivity index (χ4n) is 3.94. The Kier molecular flexibility index (Phi) is 5.56. The molecular formula is C23H29N5O2. The number of rotatable bonds is 6. The quantitative estimate of drug-likeness (QED) is 0.684. The van der Waals surface area contributed by atoms with Gasteiger partial charge < -0.3 is 10.6 Å². The first-order valence-electron chi connectivity index (χ1n) is 10.6. The van der Waals surface area contributed by atoms with Crippen molar-refractivity contribution >= 4 is 11.8 Å². The molecule has 2 aromatic rings. The van der Waals surface area contributed by atoms with Gasteiger partial charge in [-0.25, -0.2) is 9.97 Å². The Bertz CT molecular complexity index is 909. The number of aromatic nitrogens is 2. The monoisotopic (exact) mass is 407 g/mol. The molecule has 1 aromatic carbocycles. The molecule has 0 bridgehead atoms. The van der Waals surface area contributed by atoms with Crippen LogP contribution in [0.5, 0.6) is 0 Å². The molecule has 2 heterocycles. The lowest BCUT2D eigenvalue weighted by molar-refractivity contribution is -0.132. The van der Waals surface area contributed by atoms with Crippen LogP contribution in [0.25, 0.3) is 0 Å².